The summed E-state index contributed by atoms with van der Waals surface area (Å²) >= 11 is 0. The van der Waals surface area contributed by atoms with Crippen molar-refractivity contribution < 1.29 is 0 Å². The second kappa shape index (κ2) is 6.01. The highest BCUT2D eigenvalue weighted by Crippen LogP contribution is 2.29. The Morgan fingerprint density at radius 1 is 0.692 bits per heavy atom. The monoisotopic (exact) mass is 336 g/mol. The lowest BCUT2D eigenvalue weighted by atomic mass is 10.1. The van der Waals surface area contributed by atoms with Gasteiger partial charge in [-0.05, 0) is 24.3 Å². The van der Waals surface area contributed by atoms with Crippen molar-refractivity contribution in [3.8, 4) is 22.6 Å². The van der Waals surface area contributed by atoms with Gasteiger partial charge in [0.25, 0.3) is 0 Å². The standard InChI is InChI=1S/C22H16N4/c1-3-9-17(10-4-1)22-21(15-26(24-22)18-11-5-2-6-12-18)25-16-23-19-13-7-8-14-20(19)25/h1-16H. The molecule has 124 valence electrons. The number of nitrogens with zero attached hydrogens (tertiary/aromatic N) is 4. The van der Waals surface area contributed by atoms with E-state index in [1.54, 1.807) is 0 Å². The summed E-state index contributed by atoms with van der Waals surface area (Å²) in [6, 6.07) is 28.5. The minimum Gasteiger partial charge on any atom is -0.295 e. The Kier molecular flexibility index (Phi) is 3.39. The van der Waals surface area contributed by atoms with Crippen molar-refractivity contribution in [3.63, 3.8) is 0 Å². The van der Waals surface area contributed by atoms with Gasteiger partial charge in [0.2, 0.25) is 0 Å². The van der Waals surface area contributed by atoms with E-state index in [0.29, 0.717) is 0 Å². The summed E-state index contributed by atoms with van der Waals surface area (Å²) in [6.07, 6.45) is 3.93. The lowest BCUT2D eigenvalue weighted by Gasteiger charge is -2.04. The molecule has 5 rings (SSSR count). The fourth-order valence-electron chi connectivity index (χ4n) is 3.21. The second-order valence-corrected chi connectivity index (χ2v) is 6.11. The zero-order chi connectivity index (χ0) is 17.3. The summed E-state index contributed by atoms with van der Waals surface area (Å²) in [5.74, 6) is 0. The molecule has 0 bridgehead atoms. The van der Waals surface area contributed by atoms with E-state index in [2.05, 4.69) is 46.1 Å². The smallest absolute Gasteiger partial charge is 0.117 e. The lowest BCUT2D eigenvalue weighted by molar-refractivity contribution is 0.883. The molecular formula is C22H16N4. The quantitative estimate of drug-likeness (QED) is 0.471. The molecule has 0 saturated carbocycles. The molecule has 0 unspecified atom stereocenters. The first-order chi connectivity index (χ1) is 12.9. The molecule has 2 heterocycles. The van der Waals surface area contributed by atoms with Gasteiger partial charge in [0.15, 0.2) is 0 Å². The lowest BCUT2D eigenvalue weighted by Crippen LogP contribution is -1.93. The van der Waals surface area contributed by atoms with E-state index in [0.717, 1.165) is 33.7 Å². The number of hydrogen-bond acceptors (Lipinski definition) is 2. The van der Waals surface area contributed by atoms with Crippen LogP contribution in [0.25, 0.3) is 33.7 Å². The second-order valence-electron chi connectivity index (χ2n) is 6.11. The molecule has 0 aliphatic carbocycles. The third kappa shape index (κ3) is 2.40. The molecule has 0 aliphatic rings. The zero-order valence-electron chi connectivity index (χ0n) is 14.0. The Hall–Kier alpha value is -3.66. The summed E-state index contributed by atoms with van der Waals surface area (Å²) in [5.41, 5.74) is 6.08. The molecule has 4 nitrogen and oxygen atoms in total. The Bertz CT molecular complexity index is 1170. The molecule has 0 aliphatic heterocycles. The predicted octanol–water partition coefficient (Wildman–Crippen LogP) is 4.88. The zero-order valence-corrected chi connectivity index (χ0v) is 14.0. The van der Waals surface area contributed by atoms with Gasteiger partial charge in [-0.15, -0.1) is 0 Å². The van der Waals surface area contributed by atoms with Gasteiger partial charge >= 0.3 is 0 Å². The number of rotatable bonds is 3. The molecule has 2 aromatic heterocycles. The molecule has 0 amide bonds. The van der Waals surface area contributed by atoms with E-state index in [1.165, 1.54) is 0 Å². The van der Waals surface area contributed by atoms with Gasteiger partial charge in [0.05, 0.1) is 28.6 Å². The number of hydrogen-bond donors (Lipinski definition) is 0. The molecule has 3 aromatic carbocycles. The molecule has 0 spiro atoms. The van der Waals surface area contributed by atoms with Crippen LogP contribution in [0.1, 0.15) is 0 Å². The average Bonchev–Trinajstić information content (AvgIpc) is 3.34. The van der Waals surface area contributed by atoms with Gasteiger partial charge in [-0.3, -0.25) is 4.57 Å². The Labute approximate surface area is 151 Å². The largest absolute Gasteiger partial charge is 0.295 e. The van der Waals surface area contributed by atoms with Crippen LogP contribution in [0.2, 0.25) is 0 Å². The van der Waals surface area contributed by atoms with Crippen molar-refractivity contribution in [1.82, 2.24) is 19.3 Å². The van der Waals surface area contributed by atoms with Gasteiger partial charge in [0, 0.05) is 5.56 Å². The molecular weight excluding hydrogens is 320 g/mol. The molecule has 0 atom stereocenters. The predicted molar refractivity (Wildman–Crippen MR) is 104 cm³/mol. The van der Waals surface area contributed by atoms with Crippen molar-refractivity contribution in [2.45, 2.75) is 0 Å². The van der Waals surface area contributed by atoms with E-state index >= 15 is 0 Å². The Balaban J connectivity index is 1.77. The SMILES string of the molecule is c1ccc(-c2nn(-c3ccccc3)cc2-n2cnc3ccccc32)cc1. The highest BCUT2D eigenvalue weighted by Gasteiger charge is 2.15. The Morgan fingerprint density at radius 3 is 2.19 bits per heavy atom. The molecule has 0 fully saturated rings. The topological polar surface area (TPSA) is 35.6 Å². The van der Waals surface area contributed by atoms with Gasteiger partial charge in [-0.2, -0.15) is 5.10 Å². The third-order valence-electron chi connectivity index (χ3n) is 4.48. The highest BCUT2D eigenvalue weighted by atomic mass is 15.3. The first kappa shape index (κ1) is 14.7. The molecule has 0 radical (unpaired) electrons. The van der Waals surface area contributed by atoms with Crippen molar-refractivity contribution in [2.24, 2.45) is 0 Å². The Morgan fingerprint density at radius 2 is 1.38 bits per heavy atom. The maximum Gasteiger partial charge on any atom is 0.117 e. The van der Waals surface area contributed by atoms with Crippen molar-refractivity contribution in [2.75, 3.05) is 0 Å². The maximum absolute atomic E-state index is 4.88. The summed E-state index contributed by atoms with van der Waals surface area (Å²) in [6.45, 7) is 0. The minimum atomic E-state index is 0.928. The average molecular weight is 336 g/mol. The molecule has 0 N–H and O–H groups in total. The molecule has 26 heavy (non-hydrogen) atoms. The number of aromatic nitrogens is 4. The normalized spacial score (nSPS) is 11.1. The van der Waals surface area contributed by atoms with Crippen LogP contribution in [-0.2, 0) is 0 Å². The van der Waals surface area contributed by atoms with Gasteiger partial charge < -0.3 is 0 Å². The van der Waals surface area contributed by atoms with Crippen LogP contribution in [0.15, 0.2) is 97.5 Å². The summed E-state index contributed by atoms with van der Waals surface area (Å²) < 4.78 is 4.02. The van der Waals surface area contributed by atoms with Crippen LogP contribution < -0.4 is 0 Å². The molecule has 5 aromatic rings. The van der Waals surface area contributed by atoms with Crippen LogP contribution in [-0.4, -0.2) is 19.3 Å². The van der Waals surface area contributed by atoms with Crippen LogP contribution in [0, 0.1) is 0 Å². The minimum absolute atomic E-state index is 0.928. The summed E-state index contributed by atoms with van der Waals surface area (Å²) in [4.78, 5) is 4.54. The number of fused-ring (bicyclic) bond motifs is 1. The fraction of sp³-hybridized carbons (Fsp3) is 0. The summed E-state index contributed by atoms with van der Waals surface area (Å²) in [5, 5.41) is 4.88. The summed E-state index contributed by atoms with van der Waals surface area (Å²) in [7, 11) is 0. The van der Waals surface area contributed by atoms with E-state index in [-0.39, 0.29) is 0 Å². The van der Waals surface area contributed by atoms with Crippen molar-refractivity contribution >= 4 is 11.0 Å². The van der Waals surface area contributed by atoms with Gasteiger partial charge in [-0.1, -0.05) is 60.7 Å². The third-order valence-corrected chi connectivity index (χ3v) is 4.48. The van der Waals surface area contributed by atoms with E-state index in [9.17, 15) is 0 Å². The van der Waals surface area contributed by atoms with Crippen LogP contribution in [0.5, 0.6) is 0 Å². The first-order valence-corrected chi connectivity index (χ1v) is 8.53. The van der Waals surface area contributed by atoms with Crippen LogP contribution in [0.3, 0.4) is 0 Å². The molecule has 4 heteroatoms. The molecule has 0 saturated heterocycles. The number of imidazole rings is 1. The highest BCUT2D eigenvalue weighted by molar-refractivity contribution is 5.80. The van der Waals surface area contributed by atoms with E-state index < -0.39 is 0 Å². The maximum atomic E-state index is 4.88. The van der Waals surface area contributed by atoms with Crippen molar-refractivity contribution in [1.29, 1.82) is 0 Å². The van der Waals surface area contributed by atoms with E-state index in [4.69, 9.17) is 5.10 Å². The van der Waals surface area contributed by atoms with E-state index in [1.807, 2.05) is 65.6 Å². The van der Waals surface area contributed by atoms with Crippen molar-refractivity contribution in [3.05, 3.63) is 97.5 Å². The fourth-order valence-corrected chi connectivity index (χ4v) is 3.21. The first-order valence-electron chi connectivity index (χ1n) is 8.53. The number of benzene rings is 3. The van der Waals surface area contributed by atoms with Crippen LogP contribution in [0.4, 0.5) is 0 Å². The van der Waals surface area contributed by atoms with Gasteiger partial charge in [0.1, 0.15) is 12.0 Å². The van der Waals surface area contributed by atoms with Crippen LogP contribution >= 0.6 is 0 Å². The van der Waals surface area contributed by atoms with Gasteiger partial charge in [-0.25, -0.2) is 9.67 Å². The number of para-hydroxylation sites is 3.